The molecular weight excluding hydrogens is 484 g/mol. The van der Waals surface area contributed by atoms with E-state index in [9.17, 15) is 24.9 Å². The molecule has 0 aromatic heterocycles. The number of hydrogen-bond donors (Lipinski definition) is 5. The van der Waals surface area contributed by atoms with Crippen molar-refractivity contribution in [3.63, 3.8) is 0 Å². The van der Waals surface area contributed by atoms with Gasteiger partial charge in [-0.1, -0.05) is 11.6 Å². The molecule has 5 aromatic rings. The van der Waals surface area contributed by atoms with E-state index < -0.39 is 18.6 Å². The average Bonchev–Trinajstić information content (AvgIpc) is 3.04. The molecule has 0 spiro atoms. The largest absolute Gasteiger partial charge is 0.504 e. The minimum absolute atomic E-state index is 0.0715. The molecular formula is C30H26N2O6. The number of fused-ring (bicyclic) bond motifs is 4. The van der Waals surface area contributed by atoms with Crippen LogP contribution in [0.1, 0.15) is 36.1 Å². The summed E-state index contributed by atoms with van der Waals surface area (Å²) in [7, 11) is 1.47. The maximum atomic E-state index is 13.7. The minimum Gasteiger partial charge on any atom is -0.504 e. The van der Waals surface area contributed by atoms with Gasteiger partial charge >= 0.3 is 0 Å². The first-order chi connectivity index (χ1) is 18.3. The van der Waals surface area contributed by atoms with Gasteiger partial charge in [0, 0.05) is 39.9 Å². The second-order valence-electron chi connectivity index (χ2n) is 10.5. The van der Waals surface area contributed by atoms with Crippen molar-refractivity contribution >= 4 is 60.5 Å². The van der Waals surface area contributed by atoms with Crippen LogP contribution in [0.2, 0.25) is 0 Å². The molecule has 1 aliphatic carbocycles. The second-order valence-corrected chi connectivity index (χ2v) is 10.5. The summed E-state index contributed by atoms with van der Waals surface area (Å²) in [6, 6.07) is 2.84. The number of nitrogens with one attached hydrogen (secondary N) is 2. The smallest absolute Gasteiger partial charge is 0.190 e. The first-order valence-electron chi connectivity index (χ1n) is 12.7. The van der Waals surface area contributed by atoms with Gasteiger partial charge in [0.25, 0.3) is 0 Å². The summed E-state index contributed by atoms with van der Waals surface area (Å²) in [5.74, 6) is -0.0203. The second kappa shape index (κ2) is 7.69. The average molecular weight is 511 g/mol. The number of phenols is 1. The molecule has 1 aliphatic heterocycles. The number of allylic oxidation sites excluding steroid dienone is 1. The fourth-order valence-electron chi connectivity index (χ4n) is 6.79. The van der Waals surface area contributed by atoms with E-state index in [4.69, 9.17) is 4.74 Å². The number of phenolic OH excluding ortho intramolecular Hbond substituents is 1. The van der Waals surface area contributed by atoms with Crippen LogP contribution in [0.4, 0.5) is 11.4 Å². The molecule has 1 heterocycles. The Morgan fingerprint density at radius 3 is 2.16 bits per heavy atom. The standard InChI is InChI=1S/C30H26N2O6/c1-11-4-15-21-22-16(5-11)30(38-3)29(37)24-18(36)7-14(10-34)20(26(22)24)19-13(9-33)6-17(35)23(25(19)21)28-27(15)31-8-12(2)32-28/h4,6-7,12,31-34,37H,5,8-10H2,1-3H3. The van der Waals surface area contributed by atoms with Crippen LogP contribution in [0.25, 0.3) is 49.2 Å². The molecule has 0 bridgehead atoms. The Morgan fingerprint density at radius 2 is 1.53 bits per heavy atom. The van der Waals surface area contributed by atoms with E-state index in [1.165, 1.54) is 19.2 Å². The van der Waals surface area contributed by atoms with Gasteiger partial charge < -0.3 is 30.7 Å². The van der Waals surface area contributed by atoms with E-state index in [1.54, 1.807) is 0 Å². The SMILES string of the molecule is COc1c(O)c2c(=O)cc(CO)c3c4c(CO)cc(=O)c5c6c(c7c(c(c1CC(C)=C7)c23)c54)NCC(C)N6. The van der Waals surface area contributed by atoms with Gasteiger partial charge in [0.05, 0.1) is 42.5 Å². The Morgan fingerprint density at radius 1 is 0.895 bits per heavy atom. The number of rotatable bonds is 3. The van der Waals surface area contributed by atoms with E-state index in [2.05, 4.69) is 16.7 Å². The predicted octanol–water partition coefficient (Wildman–Crippen LogP) is 3.78. The monoisotopic (exact) mass is 510 g/mol. The van der Waals surface area contributed by atoms with Crippen LogP contribution in [0.3, 0.4) is 0 Å². The van der Waals surface area contributed by atoms with Crippen molar-refractivity contribution in [1.29, 1.82) is 0 Å². The van der Waals surface area contributed by atoms with Crippen LogP contribution in [0.5, 0.6) is 11.5 Å². The summed E-state index contributed by atoms with van der Waals surface area (Å²) in [5.41, 5.74) is 4.24. The highest BCUT2D eigenvalue weighted by atomic mass is 16.5. The summed E-state index contributed by atoms with van der Waals surface area (Å²) in [6.07, 6.45) is 2.53. The molecule has 8 heteroatoms. The van der Waals surface area contributed by atoms with Gasteiger partial charge in [-0.05, 0) is 59.7 Å². The Labute approximate surface area is 216 Å². The summed E-state index contributed by atoms with van der Waals surface area (Å²) >= 11 is 0. The number of ether oxygens (including phenoxy) is 1. The van der Waals surface area contributed by atoms with Crippen LogP contribution in [-0.4, -0.2) is 35.0 Å². The minimum atomic E-state index is -0.431. The number of hydrogen-bond acceptors (Lipinski definition) is 8. The van der Waals surface area contributed by atoms with Crippen LogP contribution in [0.15, 0.2) is 27.3 Å². The quantitative estimate of drug-likeness (QED) is 0.183. The predicted molar refractivity (Wildman–Crippen MR) is 150 cm³/mol. The lowest BCUT2D eigenvalue weighted by molar-refractivity contribution is 0.282. The topological polar surface area (TPSA) is 128 Å². The first-order valence-corrected chi connectivity index (χ1v) is 12.7. The highest BCUT2D eigenvalue weighted by molar-refractivity contribution is 6.39. The van der Waals surface area contributed by atoms with Crippen LogP contribution >= 0.6 is 0 Å². The number of benzene rings is 5. The lowest BCUT2D eigenvalue weighted by atomic mass is 9.81. The highest BCUT2D eigenvalue weighted by Gasteiger charge is 2.33. The third-order valence-corrected chi connectivity index (χ3v) is 8.18. The van der Waals surface area contributed by atoms with Crippen LogP contribution in [0, 0.1) is 0 Å². The highest BCUT2D eigenvalue weighted by Crippen LogP contribution is 2.54. The number of aliphatic hydroxyl groups excluding tert-OH is 2. The Bertz CT molecular complexity index is 2010. The van der Waals surface area contributed by atoms with E-state index >= 15 is 0 Å². The van der Waals surface area contributed by atoms with Gasteiger partial charge in [-0.25, -0.2) is 0 Å². The lowest BCUT2D eigenvalue weighted by Crippen LogP contribution is -2.31. The van der Waals surface area contributed by atoms with E-state index in [-0.39, 0.29) is 28.4 Å². The van der Waals surface area contributed by atoms with Crippen molar-refractivity contribution in [3.8, 4) is 11.5 Å². The molecule has 7 rings (SSSR count). The fourth-order valence-corrected chi connectivity index (χ4v) is 6.79. The maximum Gasteiger partial charge on any atom is 0.190 e. The molecule has 0 amide bonds. The Kier molecular flexibility index (Phi) is 4.66. The molecule has 38 heavy (non-hydrogen) atoms. The molecule has 0 fully saturated rings. The summed E-state index contributed by atoms with van der Waals surface area (Å²) in [5, 5.41) is 43.7. The van der Waals surface area contributed by atoms with Crippen molar-refractivity contribution in [2.75, 3.05) is 24.3 Å². The molecule has 0 radical (unpaired) electrons. The number of aromatic hydroxyl groups is 1. The zero-order chi connectivity index (χ0) is 26.6. The van der Waals surface area contributed by atoms with Crippen molar-refractivity contribution < 1.29 is 20.1 Å². The molecule has 192 valence electrons. The van der Waals surface area contributed by atoms with Crippen molar-refractivity contribution in [1.82, 2.24) is 0 Å². The van der Waals surface area contributed by atoms with E-state index in [0.717, 1.165) is 27.6 Å². The first kappa shape index (κ1) is 23.0. The van der Waals surface area contributed by atoms with Crippen molar-refractivity contribution in [2.24, 2.45) is 0 Å². The molecule has 1 atom stereocenters. The van der Waals surface area contributed by atoms with Gasteiger partial charge in [-0.3, -0.25) is 9.59 Å². The Balaban J connectivity index is 1.98. The zero-order valence-electron chi connectivity index (χ0n) is 21.2. The third-order valence-electron chi connectivity index (χ3n) is 8.18. The Hall–Kier alpha value is -4.14. The van der Waals surface area contributed by atoms with Crippen molar-refractivity contribution in [3.05, 3.63) is 60.4 Å². The fraction of sp³-hybridized carbons (Fsp3) is 0.267. The molecule has 0 saturated carbocycles. The lowest BCUT2D eigenvalue weighted by Gasteiger charge is -2.31. The van der Waals surface area contributed by atoms with Gasteiger partial charge in [0.15, 0.2) is 22.4 Å². The molecule has 5 N–H and O–H groups in total. The summed E-state index contributed by atoms with van der Waals surface area (Å²) in [6.45, 7) is 3.87. The number of aliphatic hydroxyl groups is 2. The maximum absolute atomic E-state index is 13.7. The van der Waals surface area contributed by atoms with Crippen molar-refractivity contribution in [2.45, 2.75) is 39.5 Å². The third kappa shape index (κ3) is 2.66. The van der Waals surface area contributed by atoms with Gasteiger partial charge in [-0.2, -0.15) is 0 Å². The molecule has 2 aliphatic rings. The van der Waals surface area contributed by atoms with Crippen LogP contribution in [-0.2, 0) is 19.6 Å². The van der Waals surface area contributed by atoms with E-state index in [1.807, 2.05) is 13.8 Å². The van der Waals surface area contributed by atoms with Gasteiger partial charge in [0.1, 0.15) is 0 Å². The van der Waals surface area contributed by atoms with Gasteiger partial charge in [-0.15, -0.1) is 0 Å². The normalized spacial score (nSPS) is 16.7. The number of anilines is 2. The summed E-state index contributed by atoms with van der Waals surface area (Å²) < 4.78 is 5.71. The molecule has 8 nitrogen and oxygen atoms in total. The zero-order valence-corrected chi connectivity index (χ0v) is 21.2. The van der Waals surface area contributed by atoms with Gasteiger partial charge in [0.2, 0.25) is 0 Å². The number of methoxy groups -OCH3 is 1. The molecule has 0 saturated heterocycles. The summed E-state index contributed by atoms with van der Waals surface area (Å²) in [4.78, 5) is 27.2. The van der Waals surface area contributed by atoms with E-state index in [0.29, 0.717) is 62.3 Å². The molecule has 1 unspecified atom stereocenters. The van der Waals surface area contributed by atoms with Crippen LogP contribution < -0.4 is 26.2 Å². The molecule has 5 aromatic carbocycles.